The molecule has 2 rings (SSSR count). The average molecular weight is 367 g/mol. The molecule has 0 unspecified atom stereocenters. The van der Waals surface area contributed by atoms with Gasteiger partial charge >= 0.3 is 5.97 Å². The van der Waals surface area contributed by atoms with Crippen LogP contribution in [0.25, 0.3) is 0 Å². The van der Waals surface area contributed by atoms with Gasteiger partial charge in [-0.3, -0.25) is 4.79 Å². The second-order valence-corrected chi connectivity index (χ2v) is 9.58. The molecule has 0 bridgehead atoms. The van der Waals surface area contributed by atoms with Crippen LogP contribution in [0.4, 0.5) is 0 Å². The molecule has 2 fully saturated rings. The third-order valence-electron chi connectivity index (χ3n) is 7.06. The molecule has 3 heteroatoms. The topological polar surface area (TPSA) is 46.5 Å². The van der Waals surface area contributed by atoms with Crippen LogP contribution < -0.4 is 0 Å². The third-order valence-corrected chi connectivity index (χ3v) is 7.06. The van der Waals surface area contributed by atoms with Crippen LogP contribution in [-0.2, 0) is 9.53 Å². The zero-order valence-electron chi connectivity index (χ0n) is 17.5. The number of hydrogen-bond acceptors (Lipinski definition) is 3. The van der Waals surface area contributed by atoms with E-state index in [0.29, 0.717) is 6.42 Å². The molecule has 0 aromatic rings. The summed E-state index contributed by atoms with van der Waals surface area (Å²) in [6, 6.07) is 0. The van der Waals surface area contributed by atoms with Gasteiger partial charge in [-0.1, -0.05) is 45.4 Å². The van der Waals surface area contributed by atoms with Gasteiger partial charge in [-0.25, -0.2) is 0 Å². The Bertz CT molecular complexity index is 402. The van der Waals surface area contributed by atoms with Crippen molar-refractivity contribution in [2.75, 3.05) is 6.61 Å². The Hall–Kier alpha value is -0.570. The van der Waals surface area contributed by atoms with E-state index in [1.165, 1.54) is 64.2 Å². The van der Waals surface area contributed by atoms with E-state index in [1.807, 2.05) is 13.8 Å². The normalized spacial score (nSPS) is 30.2. The van der Waals surface area contributed by atoms with E-state index >= 15 is 0 Å². The predicted molar refractivity (Wildman–Crippen MR) is 107 cm³/mol. The highest BCUT2D eigenvalue weighted by atomic mass is 16.5. The van der Waals surface area contributed by atoms with E-state index in [1.54, 1.807) is 0 Å². The van der Waals surface area contributed by atoms with Crippen molar-refractivity contribution in [3.8, 4) is 0 Å². The van der Waals surface area contributed by atoms with Crippen molar-refractivity contribution in [2.45, 2.75) is 110 Å². The molecule has 26 heavy (non-hydrogen) atoms. The van der Waals surface area contributed by atoms with Crippen LogP contribution in [0.15, 0.2) is 0 Å². The summed E-state index contributed by atoms with van der Waals surface area (Å²) in [4.78, 5) is 12.3. The van der Waals surface area contributed by atoms with Gasteiger partial charge in [0.05, 0.1) is 5.41 Å². The maximum atomic E-state index is 12.3. The van der Waals surface area contributed by atoms with E-state index in [-0.39, 0.29) is 18.7 Å². The Morgan fingerprint density at radius 1 is 0.962 bits per heavy atom. The first kappa shape index (κ1) is 21.7. The number of aliphatic hydroxyl groups is 1. The highest BCUT2D eigenvalue weighted by molar-refractivity contribution is 5.76. The number of esters is 1. The molecule has 3 nitrogen and oxygen atoms in total. The summed E-state index contributed by atoms with van der Waals surface area (Å²) in [5.74, 6) is 2.62. The number of hydrogen-bond donors (Lipinski definition) is 1. The molecule has 1 N–H and O–H groups in total. The Kier molecular flexibility index (Phi) is 8.93. The second kappa shape index (κ2) is 10.7. The van der Waals surface area contributed by atoms with Gasteiger partial charge in [0.15, 0.2) is 0 Å². The highest BCUT2D eigenvalue weighted by Crippen LogP contribution is 2.41. The molecule has 0 heterocycles. The van der Waals surface area contributed by atoms with Crippen LogP contribution in [0.2, 0.25) is 0 Å². The molecule has 0 atom stereocenters. The average Bonchev–Trinajstić information content (AvgIpc) is 2.63. The minimum absolute atomic E-state index is 0.0377. The zero-order valence-corrected chi connectivity index (χ0v) is 17.5. The first-order valence-corrected chi connectivity index (χ1v) is 11.3. The molecule has 2 aliphatic carbocycles. The highest BCUT2D eigenvalue weighted by Gasteiger charge is 2.34. The fourth-order valence-electron chi connectivity index (χ4n) is 5.00. The quantitative estimate of drug-likeness (QED) is 0.409. The largest absolute Gasteiger partial charge is 0.462 e. The van der Waals surface area contributed by atoms with E-state index in [2.05, 4.69) is 6.92 Å². The number of aliphatic hydroxyl groups excluding tert-OH is 1. The van der Waals surface area contributed by atoms with E-state index in [9.17, 15) is 4.79 Å². The molecule has 0 aromatic heterocycles. The van der Waals surface area contributed by atoms with Gasteiger partial charge in [-0.05, 0) is 76.5 Å². The standard InChI is InChI=1S/C23H42O3/c1-4-5-6-7-18-8-10-19(11-9-18)20-12-14-21(15-13-20)26-22(25)23(2,3)16-17-24/h18-21,24H,4-17H2,1-3H3. The number of carbonyl (C=O) groups is 1. The van der Waals surface area contributed by atoms with Crippen molar-refractivity contribution in [3.63, 3.8) is 0 Å². The number of rotatable bonds is 9. The smallest absolute Gasteiger partial charge is 0.311 e. The number of ether oxygens (including phenoxy) is 1. The minimum atomic E-state index is -0.568. The number of carbonyl (C=O) groups excluding carboxylic acids is 1. The summed E-state index contributed by atoms with van der Waals surface area (Å²) < 4.78 is 5.77. The maximum absolute atomic E-state index is 12.3. The van der Waals surface area contributed by atoms with Crippen LogP contribution in [-0.4, -0.2) is 23.8 Å². The monoisotopic (exact) mass is 366 g/mol. The Labute approximate surface area is 161 Å². The first-order valence-electron chi connectivity index (χ1n) is 11.3. The van der Waals surface area contributed by atoms with Crippen molar-refractivity contribution in [3.05, 3.63) is 0 Å². The van der Waals surface area contributed by atoms with Gasteiger partial charge in [0.1, 0.15) is 6.10 Å². The lowest BCUT2D eigenvalue weighted by Crippen LogP contribution is -2.34. The predicted octanol–water partition coefficient (Wildman–Crippen LogP) is 5.88. The van der Waals surface area contributed by atoms with Crippen LogP contribution in [0.1, 0.15) is 104 Å². The molecule has 0 radical (unpaired) electrons. The molecule has 0 aromatic carbocycles. The molecule has 2 aliphatic rings. The second-order valence-electron chi connectivity index (χ2n) is 9.58. The Balaban J connectivity index is 1.67. The maximum Gasteiger partial charge on any atom is 0.311 e. The van der Waals surface area contributed by atoms with Crippen molar-refractivity contribution in [1.29, 1.82) is 0 Å². The van der Waals surface area contributed by atoms with Crippen LogP contribution in [0.3, 0.4) is 0 Å². The fraction of sp³-hybridized carbons (Fsp3) is 0.957. The molecule has 0 aliphatic heterocycles. The van der Waals surface area contributed by atoms with Crippen molar-refractivity contribution in [2.24, 2.45) is 23.2 Å². The summed E-state index contributed by atoms with van der Waals surface area (Å²) in [5.41, 5.74) is -0.568. The zero-order chi connectivity index (χ0) is 19.0. The summed E-state index contributed by atoms with van der Waals surface area (Å²) in [6.07, 6.45) is 16.4. The molecule has 2 saturated carbocycles. The first-order chi connectivity index (χ1) is 12.5. The lowest BCUT2D eigenvalue weighted by molar-refractivity contribution is -0.162. The summed E-state index contributed by atoms with van der Waals surface area (Å²) in [6.45, 7) is 6.07. The van der Waals surface area contributed by atoms with Gasteiger partial charge in [0, 0.05) is 6.61 Å². The van der Waals surface area contributed by atoms with Gasteiger partial charge in [0.25, 0.3) is 0 Å². The molecular formula is C23H42O3. The van der Waals surface area contributed by atoms with Gasteiger partial charge in [0.2, 0.25) is 0 Å². The molecule has 0 saturated heterocycles. The molecule has 0 amide bonds. The van der Waals surface area contributed by atoms with Crippen LogP contribution in [0.5, 0.6) is 0 Å². The Morgan fingerprint density at radius 2 is 1.54 bits per heavy atom. The molecular weight excluding hydrogens is 324 g/mol. The summed E-state index contributed by atoms with van der Waals surface area (Å²) in [7, 11) is 0. The summed E-state index contributed by atoms with van der Waals surface area (Å²) in [5, 5.41) is 9.11. The third kappa shape index (κ3) is 6.55. The van der Waals surface area contributed by atoms with Gasteiger partial charge < -0.3 is 9.84 Å². The van der Waals surface area contributed by atoms with E-state index in [4.69, 9.17) is 9.84 Å². The van der Waals surface area contributed by atoms with Gasteiger partial charge in [-0.15, -0.1) is 0 Å². The number of unbranched alkanes of at least 4 members (excludes halogenated alkanes) is 2. The van der Waals surface area contributed by atoms with Crippen LogP contribution in [0, 0.1) is 23.2 Å². The van der Waals surface area contributed by atoms with E-state index in [0.717, 1.165) is 30.6 Å². The van der Waals surface area contributed by atoms with Crippen LogP contribution >= 0.6 is 0 Å². The van der Waals surface area contributed by atoms with Crippen molar-refractivity contribution in [1.82, 2.24) is 0 Å². The minimum Gasteiger partial charge on any atom is -0.462 e. The Morgan fingerprint density at radius 3 is 2.08 bits per heavy atom. The lowest BCUT2D eigenvalue weighted by atomic mass is 9.70. The summed E-state index contributed by atoms with van der Waals surface area (Å²) >= 11 is 0. The van der Waals surface area contributed by atoms with Gasteiger partial charge in [-0.2, -0.15) is 0 Å². The molecule has 152 valence electrons. The fourth-order valence-corrected chi connectivity index (χ4v) is 5.00. The van der Waals surface area contributed by atoms with Crippen molar-refractivity contribution < 1.29 is 14.6 Å². The lowest BCUT2D eigenvalue weighted by Gasteiger charge is -2.38. The molecule has 0 spiro atoms. The van der Waals surface area contributed by atoms with Crippen molar-refractivity contribution >= 4 is 5.97 Å². The SMILES string of the molecule is CCCCCC1CCC(C2CCC(OC(=O)C(C)(C)CCO)CC2)CC1. The van der Waals surface area contributed by atoms with E-state index < -0.39 is 5.41 Å².